The molecule has 1 aromatic rings. The summed E-state index contributed by atoms with van der Waals surface area (Å²) in [5, 5.41) is 21.1. The first-order valence-corrected chi connectivity index (χ1v) is 6.37. The van der Waals surface area contributed by atoms with Gasteiger partial charge in [-0.05, 0) is 30.2 Å². The third kappa shape index (κ3) is 2.66. The zero-order chi connectivity index (χ0) is 13.0. The highest BCUT2D eigenvalue weighted by molar-refractivity contribution is 5.85. The summed E-state index contributed by atoms with van der Waals surface area (Å²) in [7, 11) is 0. The molecule has 1 saturated carbocycles. The number of hydrogen-bond acceptors (Lipinski definition) is 6. The summed E-state index contributed by atoms with van der Waals surface area (Å²) in [5.74, 6) is -0.471. The first kappa shape index (κ1) is 12.9. The van der Waals surface area contributed by atoms with E-state index >= 15 is 0 Å². The van der Waals surface area contributed by atoms with Crippen LogP contribution in [0.5, 0.6) is 0 Å². The predicted molar refractivity (Wildman–Crippen MR) is 61.9 cm³/mol. The van der Waals surface area contributed by atoms with Gasteiger partial charge in [0, 0.05) is 0 Å². The largest absolute Gasteiger partial charge is 0.460 e. The van der Waals surface area contributed by atoms with Crippen LogP contribution in [0, 0.1) is 0 Å². The zero-order valence-electron chi connectivity index (χ0n) is 10.4. The quantitative estimate of drug-likeness (QED) is 0.631. The van der Waals surface area contributed by atoms with Crippen molar-refractivity contribution in [3.8, 4) is 0 Å². The first-order chi connectivity index (χ1) is 8.74. The van der Waals surface area contributed by atoms with E-state index in [1.807, 2.05) is 0 Å². The van der Waals surface area contributed by atoms with E-state index in [0.29, 0.717) is 6.42 Å². The average Bonchev–Trinajstić information content (AvgIpc) is 2.73. The van der Waals surface area contributed by atoms with Crippen molar-refractivity contribution in [1.29, 1.82) is 0 Å². The molecule has 1 N–H and O–H groups in total. The van der Waals surface area contributed by atoms with Crippen LogP contribution in [0.3, 0.4) is 0 Å². The van der Waals surface area contributed by atoms with Crippen molar-refractivity contribution in [2.45, 2.75) is 51.2 Å². The molecule has 18 heavy (non-hydrogen) atoms. The van der Waals surface area contributed by atoms with Crippen LogP contribution in [0.2, 0.25) is 0 Å². The van der Waals surface area contributed by atoms with Crippen LogP contribution in [0.15, 0.2) is 0 Å². The Hall–Kier alpha value is -1.50. The summed E-state index contributed by atoms with van der Waals surface area (Å²) in [6, 6.07) is -0.234. The molecule has 7 nitrogen and oxygen atoms in total. The minimum atomic E-state index is -0.543. The molecule has 1 aliphatic carbocycles. The predicted octanol–water partition coefficient (Wildman–Crippen LogP) is 0.716. The van der Waals surface area contributed by atoms with Gasteiger partial charge in [0.25, 0.3) is 5.82 Å². The second-order valence-corrected chi connectivity index (χ2v) is 4.44. The number of aliphatic hydroxyl groups excluding tert-OH is 1. The van der Waals surface area contributed by atoms with E-state index < -0.39 is 12.1 Å². The van der Waals surface area contributed by atoms with Gasteiger partial charge >= 0.3 is 5.97 Å². The van der Waals surface area contributed by atoms with Gasteiger partial charge in [-0.2, -0.15) is 0 Å². The molecule has 0 bridgehead atoms. The molecule has 100 valence electrons. The van der Waals surface area contributed by atoms with Crippen LogP contribution in [0.4, 0.5) is 0 Å². The number of aliphatic hydroxyl groups is 1. The van der Waals surface area contributed by atoms with E-state index in [2.05, 4.69) is 15.5 Å². The summed E-state index contributed by atoms with van der Waals surface area (Å²) < 4.78 is 6.31. The average molecular weight is 254 g/mol. The maximum absolute atomic E-state index is 11.7. The van der Waals surface area contributed by atoms with Crippen molar-refractivity contribution in [3.63, 3.8) is 0 Å². The summed E-state index contributed by atoms with van der Waals surface area (Å²) in [6.45, 7) is 2.01. The Labute approximate surface area is 105 Å². The molecule has 0 amide bonds. The Bertz CT molecular complexity index is 407. The molecule has 2 rings (SSSR count). The van der Waals surface area contributed by atoms with Crippen molar-refractivity contribution in [3.05, 3.63) is 5.82 Å². The molecular formula is C11H18N4O3. The zero-order valence-corrected chi connectivity index (χ0v) is 10.4. The number of ether oxygens (including phenoxy) is 1. The number of nitrogens with zero attached hydrogens (tertiary/aromatic N) is 4. The van der Waals surface area contributed by atoms with E-state index in [4.69, 9.17) is 4.74 Å². The van der Waals surface area contributed by atoms with Gasteiger partial charge < -0.3 is 9.84 Å². The van der Waals surface area contributed by atoms with Crippen LogP contribution in [-0.2, 0) is 4.74 Å². The number of tetrazole rings is 1. The Kier molecular flexibility index (Phi) is 4.24. The van der Waals surface area contributed by atoms with Gasteiger partial charge in [0.05, 0.1) is 18.8 Å². The third-order valence-corrected chi connectivity index (χ3v) is 3.21. The first-order valence-electron chi connectivity index (χ1n) is 6.37. The summed E-state index contributed by atoms with van der Waals surface area (Å²) in [6.07, 6.45) is 4.07. The highest BCUT2D eigenvalue weighted by Crippen LogP contribution is 2.27. The number of esters is 1. The van der Waals surface area contributed by atoms with Crippen molar-refractivity contribution >= 4 is 5.97 Å². The maximum Gasteiger partial charge on any atom is 0.378 e. The molecule has 1 fully saturated rings. The van der Waals surface area contributed by atoms with Crippen LogP contribution in [0.25, 0.3) is 0 Å². The van der Waals surface area contributed by atoms with Gasteiger partial charge in [-0.25, -0.2) is 9.48 Å². The standard InChI is InChI=1S/C11H18N4O3/c1-2-18-11(17)10-12-13-14-15(10)8-6-4-3-5-7-9(8)16/h8-9,16H,2-7H2,1H3. The molecule has 1 heterocycles. The fourth-order valence-electron chi connectivity index (χ4n) is 2.30. The lowest BCUT2D eigenvalue weighted by atomic mass is 10.1. The second-order valence-electron chi connectivity index (χ2n) is 4.44. The van der Waals surface area contributed by atoms with Gasteiger partial charge in [-0.15, -0.1) is 5.10 Å². The number of hydrogen-bond donors (Lipinski definition) is 1. The molecule has 0 saturated heterocycles. The minimum Gasteiger partial charge on any atom is -0.460 e. The summed E-state index contributed by atoms with van der Waals surface area (Å²) in [4.78, 5) is 11.7. The van der Waals surface area contributed by atoms with Gasteiger partial charge in [0.1, 0.15) is 0 Å². The highest BCUT2D eigenvalue weighted by atomic mass is 16.5. The van der Waals surface area contributed by atoms with Crippen molar-refractivity contribution in [2.75, 3.05) is 6.61 Å². The van der Waals surface area contributed by atoms with Crippen LogP contribution >= 0.6 is 0 Å². The summed E-state index contributed by atoms with van der Waals surface area (Å²) >= 11 is 0. The smallest absolute Gasteiger partial charge is 0.378 e. The Morgan fingerprint density at radius 3 is 3.00 bits per heavy atom. The van der Waals surface area contributed by atoms with E-state index in [1.54, 1.807) is 6.92 Å². The molecule has 0 aromatic carbocycles. The second kappa shape index (κ2) is 5.90. The lowest BCUT2D eigenvalue weighted by Crippen LogP contribution is -2.27. The number of aromatic nitrogens is 4. The minimum absolute atomic E-state index is 0.0720. The van der Waals surface area contributed by atoms with E-state index in [9.17, 15) is 9.90 Å². The molecule has 0 spiro atoms. The lowest BCUT2D eigenvalue weighted by Gasteiger charge is -2.20. The molecule has 1 aromatic heterocycles. The molecule has 0 radical (unpaired) electrons. The molecule has 0 aliphatic heterocycles. The monoisotopic (exact) mass is 254 g/mol. The van der Waals surface area contributed by atoms with Gasteiger partial charge in [0.15, 0.2) is 0 Å². The Balaban J connectivity index is 2.21. The van der Waals surface area contributed by atoms with Gasteiger partial charge in [0.2, 0.25) is 0 Å². The fraction of sp³-hybridized carbons (Fsp3) is 0.818. The molecule has 7 heteroatoms. The maximum atomic E-state index is 11.7. The van der Waals surface area contributed by atoms with E-state index in [0.717, 1.165) is 25.7 Å². The van der Waals surface area contributed by atoms with Crippen LogP contribution < -0.4 is 0 Å². The Morgan fingerprint density at radius 2 is 2.22 bits per heavy atom. The molecule has 2 atom stereocenters. The number of carbonyl (C=O) groups excluding carboxylic acids is 1. The summed E-state index contributed by atoms with van der Waals surface area (Å²) in [5.41, 5.74) is 0. The van der Waals surface area contributed by atoms with Crippen molar-refractivity contribution in [2.24, 2.45) is 0 Å². The fourth-order valence-corrected chi connectivity index (χ4v) is 2.30. The topological polar surface area (TPSA) is 90.1 Å². The lowest BCUT2D eigenvalue weighted by molar-refractivity contribution is 0.0480. The normalized spacial score (nSPS) is 24.6. The van der Waals surface area contributed by atoms with Crippen LogP contribution in [0.1, 0.15) is 55.7 Å². The van der Waals surface area contributed by atoms with Crippen molar-refractivity contribution < 1.29 is 14.6 Å². The highest BCUT2D eigenvalue weighted by Gasteiger charge is 2.29. The SMILES string of the molecule is CCOC(=O)c1nnnn1C1CCCCCC1O. The third-order valence-electron chi connectivity index (χ3n) is 3.21. The van der Waals surface area contributed by atoms with E-state index in [-0.39, 0.29) is 18.5 Å². The van der Waals surface area contributed by atoms with Crippen LogP contribution in [-0.4, -0.2) is 44.0 Å². The van der Waals surface area contributed by atoms with E-state index in [1.165, 1.54) is 4.68 Å². The molecule has 1 aliphatic rings. The Morgan fingerprint density at radius 1 is 1.44 bits per heavy atom. The molecular weight excluding hydrogens is 236 g/mol. The van der Waals surface area contributed by atoms with Crippen molar-refractivity contribution in [1.82, 2.24) is 20.2 Å². The number of carbonyl (C=O) groups is 1. The van der Waals surface area contributed by atoms with Gasteiger partial charge in [-0.3, -0.25) is 0 Å². The molecule has 2 unspecified atom stereocenters. The van der Waals surface area contributed by atoms with Gasteiger partial charge in [-0.1, -0.05) is 19.3 Å². The number of rotatable bonds is 3.